The van der Waals surface area contributed by atoms with Crippen LogP contribution in [0.1, 0.15) is 24.1 Å². The van der Waals surface area contributed by atoms with E-state index in [0.717, 1.165) is 0 Å². The zero-order valence-corrected chi connectivity index (χ0v) is 18.9. The maximum absolute atomic E-state index is 13.2. The Morgan fingerprint density at radius 3 is 2.39 bits per heavy atom. The second-order valence-electron chi connectivity index (χ2n) is 7.38. The van der Waals surface area contributed by atoms with E-state index in [1.165, 1.54) is 12.0 Å². The molecule has 3 aromatic carbocycles. The number of carbonyl (C=O) groups excluding carboxylic acids is 2. The van der Waals surface area contributed by atoms with Gasteiger partial charge in [0.2, 0.25) is 0 Å². The van der Waals surface area contributed by atoms with Crippen molar-refractivity contribution in [1.29, 1.82) is 0 Å². The van der Waals surface area contributed by atoms with Crippen LogP contribution in [0.2, 0.25) is 5.02 Å². The van der Waals surface area contributed by atoms with E-state index in [2.05, 4.69) is 0 Å². The van der Waals surface area contributed by atoms with E-state index in [0.29, 0.717) is 39.9 Å². The van der Waals surface area contributed by atoms with Gasteiger partial charge in [0.25, 0.3) is 11.7 Å². The van der Waals surface area contributed by atoms with Crippen molar-refractivity contribution in [2.45, 2.75) is 13.0 Å². The number of hydrogen-bond acceptors (Lipinski definition) is 5. The average Bonchev–Trinajstić information content (AvgIpc) is 3.10. The summed E-state index contributed by atoms with van der Waals surface area (Å²) in [4.78, 5) is 27.8. The molecule has 4 rings (SSSR count). The van der Waals surface area contributed by atoms with E-state index >= 15 is 0 Å². The molecule has 1 fully saturated rings. The molecule has 33 heavy (non-hydrogen) atoms. The first-order valence-corrected chi connectivity index (χ1v) is 10.8. The van der Waals surface area contributed by atoms with Gasteiger partial charge in [-0.15, -0.1) is 0 Å². The molecular weight excluding hydrogens is 442 g/mol. The average molecular weight is 464 g/mol. The van der Waals surface area contributed by atoms with Crippen molar-refractivity contribution in [3.63, 3.8) is 0 Å². The third kappa shape index (κ3) is 4.30. The number of nitrogens with zero attached hydrogens (tertiary/aromatic N) is 1. The Kier molecular flexibility index (Phi) is 6.38. The van der Waals surface area contributed by atoms with Crippen molar-refractivity contribution in [1.82, 2.24) is 0 Å². The summed E-state index contributed by atoms with van der Waals surface area (Å²) in [6.45, 7) is 2.32. The first-order valence-electron chi connectivity index (χ1n) is 10.4. The lowest BCUT2D eigenvalue weighted by molar-refractivity contribution is -0.132. The Balaban J connectivity index is 1.92. The fraction of sp³-hybridized carbons (Fsp3) is 0.154. The highest BCUT2D eigenvalue weighted by molar-refractivity contribution is 6.51. The highest BCUT2D eigenvalue weighted by Gasteiger charge is 2.47. The van der Waals surface area contributed by atoms with Gasteiger partial charge < -0.3 is 14.6 Å². The van der Waals surface area contributed by atoms with Crippen LogP contribution < -0.4 is 14.4 Å². The summed E-state index contributed by atoms with van der Waals surface area (Å²) in [6, 6.07) is 19.6. The zero-order valence-electron chi connectivity index (χ0n) is 18.1. The van der Waals surface area contributed by atoms with Crippen LogP contribution >= 0.6 is 11.6 Å². The molecule has 1 aliphatic heterocycles. The minimum atomic E-state index is -0.856. The Labute approximate surface area is 196 Å². The van der Waals surface area contributed by atoms with Gasteiger partial charge in [-0.25, -0.2) is 0 Å². The summed E-state index contributed by atoms with van der Waals surface area (Å²) in [5.41, 5.74) is 1.46. The van der Waals surface area contributed by atoms with Crippen molar-refractivity contribution < 1.29 is 24.2 Å². The fourth-order valence-electron chi connectivity index (χ4n) is 3.87. The summed E-state index contributed by atoms with van der Waals surface area (Å²) in [7, 11) is 1.51. The van der Waals surface area contributed by atoms with Gasteiger partial charge in [0.05, 0.1) is 25.3 Å². The van der Waals surface area contributed by atoms with Crippen LogP contribution in [0.3, 0.4) is 0 Å². The Hall–Kier alpha value is -3.77. The fourth-order valence-corrected chi connectivity index (χ4v) is 4.00. The van der Waals surface area contributed by atoms with E-state index in [4.69, 9.17) is 21.1 Å². The molecule has 1 unspecified atom stereocenters. The van der Waals surface area contributed by atoms with Crippen LogP contribution in [-0.2, 0) is 9.59 Å². The molecule has 0 radical (unpaired) electrons. The minimum Gasteiger partial charge on any atom is -0.507 e. The third-order valence-electron chi connectivity index (χ3n) is 5.38. The van der Waals surface area contributed by atoms with E-state index < -0.39 is 17.7 Å². The lowest BCUT2D eigenvalue weighted by atomic mass is 9.95. The van der Waals surface area contributed by atoms with Gasteiger partial charge in [0.15, 0.2) is 0 Å². The van der Waals surface area contributed by atoms with Crippen LogP contribution in [0.5, 0.6) is 11.5 Å². The number of aliphatic hydroxyl groups is 1. The summed E-state index contributed by atoms with van der Waals surface area (Å²) < 4.78 is 10.8. The molecule has 1 amide bonds. The number of halogens is 1. The first-order chi connectivity index (χ1) is 15.9. The predicted molar refractivity (Wildman–Crippen MR) is 127 cm³/mol. The van der Waals surface area contributed by atoms with E-state index in [1.54, 1.807) is 72.8 Å². The normalized spacial score (nSPS) is 17.3. The number of ether oxygens (including phenoxy) is 2. The van der Waals surface area contributed by atoms with E-state index in [1.807, 2.05) is 6.92 Å². The number of carbonyl (C=O) groups is 2. The Morgan fingerprint density at radius 1 is 1.00 bits per heavy atom. The molecule has 7 heteroatoms. The Bertz CT molecular complexity index is 1240. The summed E-state index contributed by atoms with van der Waals surface area (Å²) >= 11 is 6.07. The molecule has 0 aromatic heterocycles. The van der Waals surface area contributed by atoms with Crippen LogP contribution in [0.15, 0.2) is 78.4 Å². The van der Waals surface area contributed by atoms with Gasteiger partial charge in [-0.1, -0.05) is 41.9 Å². The standard InChI is InChI=1S/C26H22ClNO5/c1-3-33-21-9-5-7-19(15-21)28-23(16-10-12-18(27)13-11-16)22(25(30)26(28)31)24(29)17-6-4-8-20(14-17)32-2/h4-15,23,29H,3H2,1-2H3/b24-22+. The molecule has 0 bridgehead atoms. The summed E-state index contributed by atoms with van der Waals surface area (Å²) in [5.74, 6) is -0.721. The number of benzene rings is 3. The number of anilines is 1. The van der Waals surface area contributed by atoms with Crippen LogP contribution in [0, 0.1) is 0 Å². The number of ketones is 1. The van der Waals surface area contributed by atoms with Gasteiger partial charge in [0, 0.05) is 22.3 Å². The Morgan fingerprint density at radius 2 is 1.70 bits per heavy atom. The van der Waals surface area contributed by atoms with E-state index in [-0.39, 0.29) is 11.3 Å². The molecule has 1 N–H and O–H groups in total. The molecule has 1 atom stereocenters. The van der Waals surface area contributed by atoms with Gasteiger partial charge in [0.1, 0.15) is 17.3 Å². The number of Topliss-reactive ketones (excluding diaryl/α,β-unsaturated/α-hetero) is 1. The van der Waals surface area contributed by atoms with Crippen molar-refractivity contribution in [2.75, 3.05) is 18.6 Å². The predicted octanol–water partition coefficient (Wildman–Crippen LogP) is 5.37. The number of methoxy groups -OCH3 is 1. The molecule has 1 heterocycles. The van der Waals surface area contributed by atoms with E-state index in [9.17, 15) is 14.7 Å². The van der Waals surface area contributed by atoms with Crippen LogP contribution in [-0.4, -0.2) is 30.5 Å². The molecule has 1 aliphatic rings. The lowest BCUT2D eigenvalue weighted by Gasteiger charge is -2.26. The third-order valence-corrected chi connectivity index (χ3v) is 5.63. The van der Waals surface area contributed by atoms with Crippen molar-refractivity contribution in [3.05, 3.63) is 94.5 Å². The summed E-state index contributed by atoms with van der Waals surface area (Å²) in [6.07, 6.45) is 0. The number of amides is 1. The SMILES string of the molecule is CCOc1cccc(N2C(=O)C(=O)/C(=C(/O)c3cccc(OC)c3)C2c2ccc(Cl)cc2)c1. The largest absolute Gasteiger partial charge is 0.507 e. The lowest BCUT2D eigenvalue weighted by Crippen LogP contribution is -2.29. The van der Waals surface area contributed by atoms with Crippen molar-refractivity contribution in [3.8, 4) is 11.5 Å². The zero-order chi connectivity index (χ0) is 23.5. The molecule has 1 saturated heterocycles. The molecule has 6 nitrogen and oxygen atoms in total. The molecule has 0 saturated carbocycles. The van der Waals surface area contributed by atoms with Crippen molar-refractivity contribution >= 4 is 34.7 Å². The van der Waals surface area contributed by atoms with Gasteiger partial charge in [-0.2, -0.15) is 0 Å². The number of rotatable bonds is 6. The molecule has 3 aromatic rings. The minimum absolute atomic E-state index is 0.0163. The smallest absolute Gasteiger partial charge is 0.300 e. The molecule has 0 aliphatic carbocycles. The second kappa shape index (κ2) is 9.38. The number of hydrogen-bond donors (Lipinski definition) is 1. The van der Waals surface area contributed by atoms with Crippen molar-refractivity contribution in [2.24, 2.45) is 0 Å². The highest BCUT2D eigenvalue weighted by Crippen LogP contribution is 2.43. The highest BCUT2D eigenvalue weighted by atomic mass is 35.5. The maximum Gasteiger partial charge on any atom is 0.300 e. The van der Waals surface area contributed by atoms with Gasteiger partial charge in [-0.3, -0.25) is 14.5 Å². The van der Waals surface area contributed by atoms with Crippen LogP contribution in [0.25, 0.3) is 5.76 Å². The van der Waals surface area contributed by atoms with Gasteiger partial charge in [-0.05, 0) is 48.9 Å². The molecule has 0 spiro atoms. The molecular formula is C26H22ClNO5. The quantitative estimate of drug-likeness (QED) is 0.302. The second-order valence-corrected chi connectivity index (χ2v) is 7.82. The monoisotopic (exact) mass is 463 g/mol. The summed E-state index contributed by atoms with van der Waals surface area (Å²) in [5, 5.41) is 11.7. The molecule has 168 valence electrons. The van der Waals surface area contributed by atoms with Crippen LogP contribution in [0.4, 0.5) is 5.69 Å². The first kappa shape index (κ1) is 22.4. The maximum atomic E-state index is 13.2. The van der Waals surface area contributed by atoms with Gasteiger partial charge >= 0.3 is 0 Å². The number of aliphatic hydroxyl groups excluding tert-OH is 1. The topological polar surface area (TPSA) is 76.1 Å².